The topological polar surface area (TPSA) is 66.8 Å². The zero-order valence-corrected chi connectivity index (χ0v) is 17.5. The van der Waals surface area contributed by atoms with Crippen LogP contribution in [0.25, 0.3) is 5.76 Å². The van der Waals surface area contributed by atoms with Crippen LogP contribution in [0.15, 0.2) is 84.4 Å². The number of nitrogens with zero attached hydrogens (tertiary/aromatic N) is 1. The summed E-state index contributed by atoms with van der Waals surface area (Å²) in [7, 11) is 0. The van der Waals surface area contributed by atoms with Crippen molar-refractivity contribution in [2.24, 2.45) is 0 Å². The van der Waals surface area contributed by atoms with E-state index in [9.17, 15) is 14.7 Å². The highest BCUT2D eigenvalue weighted by Crippen LogP contribution is 2.42. The molecule has 3 aromatic rings. The van der Waals surface area contributed by atoms with Crippen LogP contribution in [0.4, 0.5) is 5.69 Å². The van der Waals surface area contributed by atoms with Gasteiger partial charge in [0.2, 0.25) is 0 Å². The van der Waals surface area contributed by atoms with Gasteiger partial charge in [-0.1, -0.05) is 54.1 Å². The highest BCUT2D eigenvalue weighted by molar-refractivity contribution is 6.51. The van der Waals surface area contributed by atoms with E-state index in [1.165, 1.54) is 4.90 Å². The number of ether oxygens (including phenoxy) is 1. The van der Waals surface area contributed by atoms with E-state index in [2.05, 4.69) is 0 Å². The normalized spacial score (nSPS) is 17.7. The Morgan fingerprint density at radius 2 is 1.61 bits per heavy atom. The summed E-state index contributed by atoms with van der Waals surface area (Å²) in [4.78, 5) is 27.5. The van der Waals surface area contributed by atoms with Crippen molar-refractivity contribution in [1.82, 2.24) is 0 Å². The molecule has 0 aromatic heterocycles. The third-order valence-corrected chi connectivity index (χ3v) is 5.36. The quantitative estimate of drug-likeness (QED) is 0.334. The van der Waals surface area contributed by atoms with E-state index in [0.717, 1.165) is 0 Å². The summed E-state index contributed by atoms with van der Waals surface area (Å²) in [6.07, 6.45) is 0. The third-order valence-electron chi connectivity index (χ3n) is 5.10. The van der Waals surface area contributed by atoms with Crippen molar-refractivity contribution in [1.29, 1.82) is 0 Å². The molecule has 1 N–H and O–H groups in total. The maximum Gasteiger partial charge on any atom is 0.300 e. The van der Waals surface area contributed by atoms with Crippen LogP contribution in [0, 0.1) is 0 Å². The number of hydrogen-bond acceptors (Lipinski definition) is 4. The van der Waals surface area contributed by atoms with Crippen LogP contribution in [0.2, 0.25) is 5.02 Å². The molecule has 1 fully saturated rings. The number of aliphatic hydroxyl groups is 1. The fraction of sp³-hybridized carbons (Fsp3) is 0.120. The first kappa shape index (κ1) is 20.7. The Labute approximate surface area is 185 Å². The number of aliphatic hydroxyl groups excluding tert-OH is 1. The number of carbonyl (C=O) groups is 2. The second kappa shape index (κ2) is 8.66. The van der Waals surface area contributed by atoms with Gasteiger partial charge in [-0.05, 0) is 48.9 Å². The number of hydrogen-bond donors (Lipinski definition) is 1. The lowest BCUT2D eigenvalue weighted by Crippen LogP contribution is -2.29. The molecule has 31 heavy (non-hydrogen) atoms. The second-order valence-corrected chi connectivity index (χ2v) is 7.45. The lowest BCUT2D eigenvalue weighted by molar-refractivity contribution is -0.132. The predicted octanol–water partition coefficient (Wildman–Crippen LogP) is 5.37. The molecule has 0 aliphatic carbocycles. The lowest BCUT2D eigenvalue weighted by Gasteiger charge is -2.25. The van der Waals surface area contributed by atoms with Crippen molar-refractivity contribution in [3.05, 3.63) is 101 Å². The van der Waals surface area contributed by atoms with Gasteiger partial charge >= 0.3 is 0 Å². The van der Waals surface area contributed by atoms with Crippen LogP contribution < -0.4 is 9.64 Å². The minimum absolute atomic E-state index is 0.0346. The largest absolute Gasteiger partial charge is 0.507 e. The fourth-order valence-electron chi connectivity index (χ4n) is 3.68. The smallest absolute Gasteiger partial charge is 0.300 e. The molecule has 0 radical (unpaired) electrons. The monoisotopic (exact) mass is 433 g/mol. The number of Topliss-reactive ketones (excluding diaryl/α,β-unsaturated/α-hetero) is 1. The van der Waals surface area contributed by atoms with Gasteiger partial charge in [-0.15, -0.1) is 0 Å². The van der Waals surface area contributed by atoms with Crippen molar-refractivity contribution < 1.29 is 19.4 Å². The molecule has 0 saturated carbocycles. The Morgan fingerprint density at radius 1 is 0.968 bits per heavy atom. The van der Waals surface area contributed by atoms with E-state index in [-0.39, 0.29) is 11.3 Å². The number of halogens is 1. The maximum absolute atomic E-state index is 13.1. The SMILES string of the molecule is CCOc1ccc(N2C(=O)C(=O)C(=C(O)c3ccccc3)[C@@H]2c2ccc(Cl)cc2)cc1. The zero-order valence-electron chi connectivity index (χ0n) is 16.8. The molecule has 0 unspecified atom stereocenters. The summed E-state index contributed by atoms with van der Waals surface area (Å²) in [5.41, 5.74) is 1.69. The Bertz CT molecular complexity index is 1140. The Balaban J connectivity index is 1.88. The highest BCUT2D eigenvalue weighted by Gasteiger charge is 2.46. The van der Waals surface area contributed by atoms with Crippen LogP contribution in [-0.4, -0.2) is 23.4 Å². The summed E-state index contributed by atoms with van der Waals surface area (Å²) < 4.78 is 5.48. The van der Waals surface area contributed by atoms with Crippen molar-refractivity contribution in [2.75, 3.05) is 11.5 Å². The molecule has 1 aliphatic heterocycles. The van der Waals surface area contributed by atoms with Gasteiger partial charge in [-0.25, -0.2) is 0 Å². The molecule has 1 heterocycles. The number of amides is 1. The number of benzene rings is 3. The van der Waals surface area contributed by atoms with E-state index in [0.29, 0.717) is 34.2 Å². The van der Waals surface area contributed by atoms with Gasteiger partial charge < -0.3 is 9.84 Å². The van der Waals surface area contributed by atoms with Gasteiger partial charge in [0.25, 0.3) is 11.7 Å². The minimum atomic E-state index is -0.796. The van der Waals surface area contributed by atoms with Crippen LogP contribution in [-0.2, 0) is 9.59 Å². The van der Waals surface area contributed by atoms with Gasteiger partial charge in [-0.3, -0.25) is 14.5 Å². The van der Waals surface area contributed by atoms with E-state index in [1.54, 1.807) is 72.8 Å². The van der Waals surface area contributed by atoms with Crippen LogP contribution in [0.1, 0.15) is 24.1 Å². The molecule has 1 saturated heterocycles. The molecule has 4 rings (SSSR count). The molecule has 3 aromatic carbocycles. The van der Waals surface area contributed by atoms with E-state index in [1.807, 2.05) is 13.0 Å². The van der Waals surface area contributed by atoms with Gasteiger partial charge in [0.05, 0.1) is 18.2 Å². The standard InChI is InChI=1S/C25H20ClNO4/c1-2-31-20-14-12-19(13-15-20)27-22(16-8-10-18(26)11-9-16)21(24(29)25(27)30)23(28)17-6-4-3-5-7-17/h3-15,22,28H,2H2,1H3/t22-/m0/s1. The number of carbonyl (C=O) groups excluding carboxylic acids is 2. The van der Waals surface area contributed by atoms with Crippen molar-refractivity contribution in [2.45, 2.75) is 13.0 Å². The van der Waals surface area contributed by atoms with E-state index >= 15 is 0 Å². The second-order valence-electron chi connectivity index (χ2n) is 7.01. The van der Waals surface area contributed by atoms with Crippen LogP contribution in [0.3, 0.4) is 0 Å². The highest BCUT2D eigenvalue weighted by atomic mass is 35.5. The molecule has 6 heteroatoms. The summed E-state index contributed by atoms with van der Waals surface area (Å²) in [5.74, 6) is -1.00. The summed E-state index contributed by atoms with van der Waals surface area (Å²) in [5, 5.41) is 11.5. The van der Waals surface area contributed by atoms with E-state index in [4.69, 9.17) is 16.3 Å². The van der Waals surface area contributed by atoms with E-state index < -0.39 is 17.7 Å². The molecule has 1 atom stereocenters. The first-order chi connectivity index (χ1) is 15.0. The maximum atomic E-state index is 13.1. The molecule has 1 aliphatic rings. The molecule has 156 valence electrons. The Hall–Kier alpha value is -3.57. The average molecular weight is 434 g/mol. The van der Waals surface area contributed by atoms with Gasteiger partial charge in [0.15, 0.2) is 0 Å². The van der Waals surface area contributed by atoms with Crippen LogP contribution in [0.5, 0.6) is 5.75 Å². The van der Waals surface area contributed by atoms with Gasteiger partial charge in [0, 0.05) is 16.3 Å². The van der Waals surface area contributed by atoms with Crippen LogP contribution >= 0.6 is 11.6 Å². The van der Waals surface area contributed by atoms with Crippen molar-refractivity contribution >= 4 is 34.7 Å². The Morgan fingerprint density at radius 3 is 2.23 bits per heavy atom. The molecule has 1 amide bonds. The zero-order chi connectivity index (χ0) is 22.0. The summed E-state index contributed by atoms with van der Waals surface area (Å²) in [6.45, 7) is 2.41. The molecular weight excluding hydrogens is 414 g/mol. The van der Waals surface area contributed by atoms with Gasteiger partial charge in [0.1, 0.15) is 11.5 Å². The van der Waals surface area contributed by atoms with Crippen molar-refractivity contribution in [3.63, 3.8) is 0 Å². The molecule has 5 nitrogen and oxygen atoms in total. The fourth-order valence-corrected chi connectivity index (χ4v) is 3.81. The lowest BCUT2D eigenvalue weighted by atomic mass is 9.95. The van der Waals surface area contributed by atoms with Gasteiger partial charge in [-0.2, -0.15) is 0 Å². The first-order valence-electron chi connectivity index (χ1n) is 9.86. The average Bonchev–Trinajstić information content (AvgIpc) is 3.06. The predicted molar refractivity (Wildman–Crippen MR) is 120 cm³/mol. The minimum Gasteiger partial charge on any atom is -0.507 e. The molecule has 0 spiro atoms. The number of anilines is 1. The summed E-state index contributed by atoms with van der Waals surface area (Å²) in [6, 6.07) is 21.7. The van der Waals surface area contributed by atoms with Crippen molar-refractivity contribution in [3.8, 4) is 5.75 Å². The molecule has 0 bridgehead atoms. The summed E-state index contributed by atoms with van der Waals surface area (Å²) >= 11 is 6.05. The third kappa shape index (κ3) is 3.92. The number of rotatable bonds is 5. The molecular formula is C25H20ClNO4. The number of ketones is 1. The first-order valence-corrected chi connectivity index (χ1v) is 10.2. The Kier molecular flexibility index (Phi) is 5.78.